The lowest BCUT2D eigenvalue weighted by Gasteiger charge is -2.27. The van der Waals surface area contributed by atoms with E-state index in [0.29, 0.717) is 35.0 Å². The SMILES string of the molecule is CCCCCCCCOc1ccc(/C=C/C2CCC(c3ccc(-c4ccc(C)cc4)c(F)c3F)CC2)cc1F. The minimum absolute atomic E-state index is 0.0109. The fourth-order valence-electron chi connectivity index (χ4n) is 5.51. The predicted octanol–water partition coefficient (Wildman–Crippen LogP) is 10.8. The van der Waals surface area contributed by atoms with E-state index in [1.807, 2.05) is 43.3 Å². The van der Waals surface area contributed by atoms with Crippen LogP contribution in [0.3, 0.4) is 0 Å². The first-order chi connectivity index (χ1) is 19.0. The smallest absolute Gasteiger partial charge is 0.166 e. The molecule has 0 amide bonds. The molecule has 0 unspecified atom stereocenters. The first kappa shape index (κ1) is 29.0. The zero-order valence-corrected chi connectivity index (χ0v) is 23.3. The molecule has 0 aromatic heterocycles. The number of benzene rings is 3. The predicted molar refractivity (Wildman–Crippen MR) is 156 cm³/mol. The van der Waals surface area contributed by atoms with Crippen LogP contribution in [0.1, 0.15) is 93.7 Å². The number of rotatable bonds is 12. The number of unbranched alkanes of at least 4 members (excludes halogenated alkanes) is 5. The number of aryl methyl sites for hydroxylation is 1. The van der Waals surface area contributed by atoms with Gasteiger partial charge >= 0.3 is 0 Å². The molecule has 1 nitrogen and oxygen atoms in total. The van der Waals surface area contributed by atoms with E-state index >= 15 is 4.39 Å². The van der Waals surface area contributed by atoms with Crippen LogP contribution in [0.4, 0.5) is 13.2 Å². The van der Waals surface area contributed by atoms with Crippen molar-refractivity contribution in [1.82, 2.24) is 0 Å². The molecule has 0 saturated heterocycles. The highest BCUT2D eigenvalue weighted by atomic mass is 19.2. The molecule has 0 heterocycles. The summed E-state index contributed by atoms with van der Waals surface area (Å²) < 4.78 is 50.2. The van der Waals surface area contributed by atoms with Crippen molar-refractivity contribution in [2.45, 2.75) is 84.0 Å². The van der Waals surface area contributed by atoms with Gasteiger partial charge in [0.15, 0.2) is 23.2 Å². The zero-order chi connectivity index (χ0) is 27.6. The van der Waals surface area contributed by atoms with Crippen molar-refractivity contribution in [3.8, 4) is 16.9 Å². The third-order valence-corrected chi connectivity index (χ3v) is 7.96. The lowest BCUT2D eigenvalue weighted by molar-refractivity contribution is 0.290. The second kappa shape index (κ2) is 14.4. The molecule has 4 rings (SSSR count). The van der Waals surface area contributed by atoms with Gasteiger partial charge in [-0.2, -0.15) is 0 Å². The van der Waals surface area contributed by atoms with Crippen molar-refractivity contribution in [2.24, 2.45) is 5.92 Å². The van der Waals surface area contributed by atoms with E-state index in [9.17, 15) is 8.78 Å². The summed E-state index contributed by atoms with van der Waals surface area (Å²) in [6.45, 7) is 4.71. The molecule has 208 valence electrons. The zero-order valence-electron chi connectivity index (χ0n) is 23.3. The van der Waals surface area contributed by atoms with E-state index in [-0.39, 0.29) is 11.7 Å². The molecule has 0 aliphatic heterocycles. The summed E-state index contributed by atoms with van der Waals surface area (Å²) in [5.41, 5.74) is 3.35. The molecular formula is C35H41F3O. The topological polar surface area (TPSA) is 9.23 Å². The van der Waals surface area contributed by atoms with Crippen LogP contribution in [-0.4, -0.2) is 6.61 Å². The maximum absolute atomic E-state index is 15.1. The number of hydrogen-bond donors (Lipinski definition) is 0. The van der Waals surface area contributed by atoms with E-state index in [1.54, 1.807) is 18.2 Å². The average Bonchev–Trinajstić information content (AvgIpc) is 2.95. The van der Waals surface area contributed by atoms with Crippen molar-refractivity contribution in [2.75, 3.05) is 6.61 Å². The van der Waals surface area contributed by atoms with E-state index in [2.05, 4.69) is 13.0 Å². The first-order valence-electron chi connectivity index (χ1n) is 14.6. The first-order valence-corrected chi connectivity index (χ1v) is 14.6. The fraction of sp³-hybridized carbons (Fsp3) is 0.429. The van der Waals surface area contributed by atoms with Crippen LogP contribution in [0, 0.1) is 30.3 Å². The highest BCUT2D eigenvalue weighted by molar-refractivity contribution is 5.65. The maximum atomic E-state index is 15.1. The van der Waals surface area contributed by atoms with Crippen LogP contribution >= 0.6 is 0 Å². The molecule has 4 heteroatoms. The molecule has 3 aromatic carbocycles. The minimum Gasteiger partial charge on any atom is -0.491 e. The summed E-state index contributed by atoms with van der Waals surface area (Å²) in [5.74, 6) is -1.16. The standard InChI is InChI=1S/C35H41F3O/c1-3-4-5-6-7-8-23-39-33-22-15-27(24-32(33)36)12-11-26-13-18-29(19-14-26)31-21-20-30(34(37)35(31)38)28-16-9-25(2)10-17-28/h9-12,15-17,20-22,24,26,29H,3-8,13-14,18-19,23H2,1-2H3/b12-11+. The summed E-state index contributed by atoms with van der Waals surface area (Å²) in [6.07, 6.45) is 14.5. The lowest BCUT2D eigenvalue weighted by atomic mass is 9.78. The Morgan fingerprint density at radius 3 is 2.23 bits per heavy atom. The molecule has 1 fully saturated rings. The van der Waals surface area contributed by atoms with Crippen LogP contribution in [0.2, 0.25) is 0 Å². The van der Waals surface area contributed by atoms with Crippen molar-refractivity contribution in [3.05, 3.63) is 94.8 Å². The van der Waals surface area contributed by atoms with E-state index in [1.165, 1.54) is 31.7 Å². The Morgan fingerprint density at radius 2 is 1.51 bits per heavy atom. The Balaban J connectivity index is 1.27. The van der Waals surface area contributed by atoms with E-state index < -0.39 is 11.6 Å². The van der Waals surface area contributed by atoms with Crippen LogP contribution in [0.15, 0.2) is 60.7 Å². The highest BCUT2D eigenvalue weighted by Crippen LogP contribution is 2.39. The average molecular weight is 535 g/mol. The molecule has 1 aliphatic carbocycles. The van der Waals surface area contributed by atoms with Gasteiger partial charge in [0, 0.05) is 5.56 Å². The van der Waals surface area contributed by atoms with Crippen molar-refractivity contribution < 1.29 is 17.9 Å². The molecule has 1 aliphatic rings. The van der Waals surface area contributed by atoms with Gasteiger partial charge in [-0.05, 0) is 79.7 Å². The highest BCUT2D eigenvalue weighted by Gasteiger charge is 2.25. The van der Waals surface area contributed by atoms with Crippen LogP contribution < -0.4 is 4.74 Å². The summed E-state index contributed by atoms with van der Waals surface area (Å²) in [6, 6.07) is 16.0. The number of halogens is 3. The Hall–Kier alpha value is -3.01. The van der Waals surface area contributed by atoms with Gasteiger partial charge in [-0.15, -0.1) is 0 Å². The van der Waals surface area contributed by atoms with Crippen LogP contribution in [0.25, 0.3) is 17.2 Å². The van der Waals surface area contributed by atoms with Gasteiger partial charge in [0.1, 0.15) is 0 Å². The molecule has 0 bridgehead atoms. The van der Waals surface area contributed by atoms with Gasteiger partial charge in [-0.3, -0.25) is 0 Å². The monoisotopic (exact) mass is 534 g/mol. The summed E-state index contributed by atoms with van der Waals surface area (Å²) >= 11 is 0. The molecule has 0 spiro atoms. The van der Waals surface area contributed by atoms with Gasteiger partial charge < -0.3 is 4.74 Å². The molecule has 0 N–H and O–H groups in total. The summed E-state index contributed by atoms with van der Waals surface area (Å²) in [7, 11) is 0. The quantitative estimate of drug-likeness (QED) is 0.210. The van der Waals surface area contributed by atoms with Gasteiger partial charge in [0.2, 0.25) is 0 Å². The number of allylic oxidation sites excluding steroid dienone is 1. The van der Waals surface area contributed by atoms with Crippen molar-refractivity contribution in [1.29, 1.82) is 0 Å². The Bertz CT molecular complexity index is 1220. The third-order valence-electron chi connectivity index (χ3n) is 7.96. The number of hydrogen-bond acceptors (Lipinski definition) is 1. The van der Waals surface area contributed by atoms with Gasteiger partial charge in [-0.25, -0.2) is 13.2 Å². The number of ether oxygens (including phenoxy) is 1. The minimum atomic E-state index is -0.764. The Kier molecular flexibility index (Phi) is 10.7. The maximum Gasteiger partial charge on any atom is 0.166 e. The summed E-state index contributed by atoms with van der Waals surface area (Å²) in [5, 5.41) is 0. The van der Waals surface area contributed by atoms with Crippen LogP contribution in [-0.2, 0) is 0 Å². The van der Waals surface area contributed by atoms with Gasteiger partial charge in [-0.1, -0.05) is 99.2 Å². The third kappa shape index (κ3) is 8.00. The molecule has 39 heavy (non-hydrogen) atoms. The molecule has 3 aromatic rings. The second-order valence-corrected chi connectivity index (χ2v) is 11.0. The van der Waals surface area contributed by atoms with Crippen molar-refractivity contribution >= 4 is 6.08 Å². The van der Waals surface area contributed by atoms with E-state index in [4.69, 9.17) is 4.74 Å². The molecule has 1 saturated carbocycles. The lowest BCUT2D eigenvalue weighted by Crippen LogP contribution is -2.13. The van der Waals surface area contributed by atoms with Crippen molar-refractivity contribution in [3.63, 3.8) is 0 Å². The van der Waals surface area contributed by atoms with Gasteiger partial charge in [0.05, 0.1) is 6.61 Å². The normalized spacial score (nSPS) is 17.6. The molecule has 0 atom stereocenters. The second-order valence-electron chi connectivity index (χ2n) is 11.0. The van der Waals surface area contributed by atoms with Crippen LogP contribution in [0.5, 0.6) is 5.75 Å². The fourth-order valence-corrected chi connectivity index (χ4v) is 5.51. The molecular weight excluding hydrogens is 493 g/mol. The van der Waals surface area contributed by atoms with E-state index in [0.717, 1.165) is 49.7 Å². The molecule has 0 radical (unpaired) electrons. The Morgan fingerprint density at radius 1 is 0.795 bits per heavy atom. The Labute approximate surface area is 232 Å². The largest absolute Gasteiger partial charge is 0.491 e. The summed E-state index contributed by atoms with van der Waals surface area (Å²) in [4.78, 5) is 0. The van der Waals surface area contributed by atoms with Gasteiger partial charge in [0.25, 0.3) is 0 Å².